The predicted molar refractivity (Wildman–Crippen MR) is 94.7 cm³/mol. The molecule has 0 N–H and O–H groups in total. The van der Waals surface area contributed by atoms with Gasteiger partial charge in [0.1, 0.15) is 12.1 Å². The molecular formula is C17H20N6S. The SMILES string of the molecule is Cc1nc2ncnn2c(N2CC(N3CCc4sccc4C3)C2)c1C. The second kappa shape index (κ2) is 5.26. The minimum Gasteiger partial charge on any atom is -0.353 e. The fourth-order valence-electron chi connectivity index (χ4n) is 3.83. The monoisotopic (exact) mass is 340 g/mol. The number of hydrogen-bond acceptors (Lipinski definition) is 6. The third kappa shape index (κ3) is 2.08. The Morgan fingerprint density at radius 3 is 3.00 bits per heavy atom. The smallest absolute Gasteiger partial charge is 0.254 e. The molecule has 0 aromatic carbocycles. The molecule has 6 nitrogen and oxygen atoms in total. The number of fused-ring (bicyclic) bond motifs is 2. The summed E-state index contributed by atoms with van der Waals surface area (Å²) < 4.78 is 1.88. The lowest BCUT2D eigenvalue weighted by Crippen LogP contribution is -2.60. The maximum atomic E-state index is 4.52. The van der Waals surface area contributed by atoms with Crippen LogP contribution in [0, 0.1) is 13.8 Å². The van der Waals surface area contributed by atoms with Crippen molar-refractivity contribution in [2.24, 2.45) is 0 Å². The fraction of sp³-hybridized carbons (Fsp3) is 0.471. The largest absolute Gasteiger partial charge is 0.353 e. The van der Waals surface area contributed by atoms with Crippen LogP contribution in [-0.2, 0) is 13.0 Å². The summed E-state index contributed by atoms with van der Waals surface area (Å²) >= 11 is 1.91. The van der Waals surface area contributed by atoms with Crippen LogP contribution in [0.15, 0.2) is 17.8 Å². The van der Waals surface area contributed by atoms with Crippen molar-refractivity contribution < 1.29 is 0 Å². The van der Waals surface area contributed by atoms with Crippen molar-refractivity contribution >= 4 is 22.9 Å². The van der Waals surface area contributed by atoms with Crippen LogP contribution in [-0.4, -0.2) is 50.2 Å². The molecule has 0 radical (unpaired) electrons. The van der Waals surface area contributed by atoms with Crippen LogP contribution in [0.2, 0.25) is 0 Å². The first kappa shape index (κ1) is 14.4. The van der Waals surface area contributed by atoms with E-state index in [0.717, 1.165) is 31.1 Å². The van der Waals surface area contributed by atoms with E-state index in [4.69, 9.17) is 0 Å². The lowest BCUT2D eigenvalue weighted by atomic mass is 10.0. The van der Waals surface area contributed by atoms with Gasteiger partial charge in [-0.3, -0.25) is 4.90 Å². The van der Waals surface area contributed by atoms with Gasteiger partial charge in [0.25, 0.3) is 5.78 Å². The van der Waals surface area contributed by atoms with Crippen LogP contribution >= 0.6 is 11.3 Å². The number of thiophene rings is 1. The first-order valence-electron chi connectivity index (χ1n) is 8.42. The van der Waals surface area contributed by atoms with Gasteiger partial charge in [0.15, 0.2) is 0 Å². The summed E-state index contributed by atoms with van der Waals surface area (Å²) in [5.74, 6) is 1.84. The zero-order valence-electron chi connectivity index (χ0n) is 13.9. The van der Waals surface area contributed by atoms with Gasteiger partial charge in [0.05, 0.1) is 0 Å². The average Bonchev–Trinajstić information content (AvgIpc) is 3.17. The molecule has 0 atom stereocenters. The standard InChI is InChI=1S/C17H20N6S/c1-11-12(2)20-17-18-10-19-23(17)16(11)22-8-14(9-22)21-5-3-15-13(7-21)4-6-24-15/h4,6,10,14H,3,5,7-9H2,1-2H3. The number of nitrogens with zero attached hydrogens (tertiary/aromatic N) is 6. The van der Waals surface area contributed by atoms with Crippen molar-refractivity contribution in [1.82, 2.24) is 24.5 Å². The molecule has 24 heavy (non-hydrogen) atoms. The quantitative estimate of drug-likeness (QED) is 0.715. The first-order chi connectivity index (χ1) is 11.7. The van der Waals surface area contributed by atoms with Gasteiger partial charge in [-0.2, -0.15) is 14.6 Å². The molecule has 5 heterocycles. The van der Waals surface area contributed by atoms with Crippen LogP contribution in [0.4, 0.5) is 5.82 Å². The van der Waals surface area contributed by atoms with Gasteiger partial charge >= 0.3 is 0 Å². The normalized spacial score (nSPS) is 18.8. The highest BCUT2D eigenvalue weighted by Crippen LogP contribution is 2.31. The molecule has 0 amide bonds. The Labute approximate surface area is 144 Å². The molecule has 2 aliphatic heterocycles. The van der Waals surface area contributed by atoms with Gasteiger partial charge in [-0.05, 0) is 37.3 Å². The highest BCUT2D eigenvalue weighted by Gasteiger charge is 2.36. The zero-order chi connectivity index (χ0) is 16.3. The first-order valence-corrected chi connectivity index (χ1v) is 9.30. The lowest BCUT2D eigenvalue weighted by molar-refractivity contribution is 0.151. The second-order valence-corrected chi connectivity index (χ2v) is 7.77. The summed E-state index contributed by atoms with van der Waals surface area (Å²) in [6, 6.07) is 2.92. The molecule has 0 aliphatic carbocycles. The Balaban J connectivity index is 1.37. The summed E-state index contributed by atoms with van der Waals surface area (Å²) in [6.45, 7) is 8.57. The Hall–Kier alpha value is -1.99. The van der Waals surface area contributed by atoms with Gasteiger partial charge in [0.2, 0.25) is 0 Å². The van der Waals surface area contributed by atoms with Crippen molar-refractivity contribution in [2.75, 3.05) is 24.5 Å². The van der Waals surface area contributed by atoms with E-state index in [0.29, 0.717) is 11.8 Å². The Morgan fingerprint density at radius 1 is 1.25 bits per heavy atom. The van der Waals surface area contributed by atoms with Crippen LogP contribution in [0.25, 0.3) is 5.78 Å². The molecule has 3 aromatic heterocycles. The number of aromatic nitrogens is 4. The van der Waals surface area contributed by atoms with E-state index >= 15 is 0 Å². The number of anilines is 1. The van der Waals surface area contributed by atoms with Crippen molar-refractivity contribution in [1.29, 1.82) is 0 Å². The van der Waals surface area contributed by atoms with Gasteiger partial charge < -0.3 is 4.90 Å². The van der Waals surface area contributed by atoms with Crippen molar-refractivity contribution in [3.05, 3.63) is 39.5 Å². The van der Waals surface area contributed by atoms with E-state index in [2.05, 4.69) is 43.2 Å². The molecule has 0 saturated carbocycles. The van der Waals surface area contributed by atoms with Gasteiger partial charge in [-0.15, -0.1) is 11.3 Å². The van der Waals surface area contributed by atoms with E-state index in [1.807, 2.05) is 22.8 Å². The summed E-state index contributed by atoms with van der Waals surface area (Å²) in [5.41, 5.74) is 3.76. The Kier molecular flexibility index (Phi) is 3.14. The second-order valence-electron chi connectivity index (χ2n) is 6.77. The molecule has 5 rings (SSSR count). The lowest BCUT2D eigenvalue weighted by Gasteiger charge is -2.47. The van der Waals surface area contributed by atoms with E-state index in [1.165, 1.54) is 24.1 Å². The minimum atomic E-state index is 0.629. The fourth-order valence-corrected chi connectivity index (χ4v) is 4.72. The third-order valence-electron chi connectivity index (χ3n) is 5.39. The predicted octanol–water partition coefficient (Wildman–Crippen LogP) is 2.05. The molecule has 1 saturated heterocycles. The maximum Gasteiger partial charge on any atom is 0.254 e. The van der Waals surface area contributed by atoms with E-state index in [9.17, 15) is 0 Å². The van der Waals surface area contributed by atoms with Crippen LogP contribution in [0.1, 0.15) is 21.7 Å². The molecule has 2 aliphatic rings. The van der Waals surface area contributed by atoms with Gasteiger partial charge in [0, 0.05) is 48.4 Å². The van der Waals surface area contributed by atoms with Crippen LogP contribution < -0.4 is 4.90 Å². The maximum absolute atomic E-state index is 4.52. The molecular weight excluding hydrogens is 320 g/mol. The summed E-state index contributed by atoms with van der Waals surface area (Å²) in [6.07, 6.45) is 2.79. The Bertz CT molecular complexity index is 907. The molecule has 0 bridgehead atoms. The third-order valence-corrected chi connectivity index (χ3v) is 6.41. The van der Waals surface area contributed by atoms with Crippen LogP contribution in [0.3, 0.4) is 0 Å². The van der Waals surface area contributed by atoms with E-state index in [1.54, 1.807) is 11.2 Å². The molecule has 3 aromatic rings. The van der Waals surface area contributed by atoms with Crippen molar-refractivity contribution in [2.45, 2.75) is 32.9 Å². The van der Waals surface area contributed by atoms with Gasteiger partial charge in [-0.1, -0.05) is 0 Å². The minimum absolute atomic E-state index is 0.629. The number of hydrogen-bond donors (Lipinski definition) is 0. The topological polar surface area (TPSA) is 49.6 Å². The molecule has 124 valence electrons. The highest BCUT2D eigenvalue weighted by molar-refractivity contribution is 7.10. The van der Waals surface area contributed by atoms with Crippen LogP contribution in [0.5, 0.6) is 0 Å². The van der Waals surface area contributed by atoms with E-state index < -0.39 is 0 Å². The average molecular weight is 340 g/mol. The van der Waals surface area contributed by atoms with Gasteiger partial charge in [-0.25, -0.2) is 4.98 Å². The number of aryl methyl sites for hydroxylation is 1. The molecule has 1 fully saturated rings. The zero-order valence-corrected chi connectivity index (χ0v) is 14.8. The molecule has 0 spiro atoms. The highest BCUT2D eigenvalue weighted by atomic mass is 32.1. The Morgan fingerprint density at radius 2 is 2.12 bits per heavy atom. The molecule has 7 heteroatoms. The van der Waals surface area contributed by atoms with Crippen molar-refractivity contribution in [3.63, 3.8) is 0 Å². The summed E-state index contributed by atoms with van der Waals surface area (Å²) in [7, 11) is 0. The number of rotatable bonds is 2. The summed E-state index contributed by atoms with van der Waals surface area (Å²) in [5, 5.41) is 6.60. The molecule has 0 unspecified atom stereocenters. The van der Waals surface area contributed by atoms with E-state index in [-0.39, 0.29) is 0 Å². The summed E-state index contributed by atoms with van der Waals surface area (Å²) in [4.78, 5) is 15.4. The van der Waals surface area contributed by atoms with Crippen molar-refractivity contribution in [3.8, 4) is 0 Å².